The van der Waals surface area contributed by atoms with Gasteiger partial charge in [0.2, 0.25) is 5.91 Å². The average Bonchev–Trinajstić information content (AvgIpc) is 2.54. The molecule has 0 heterocycles. The van der Waals surface area contributed by atoms with Crippen LogP contribution in [0.5, 0.6) is 0 Å². The summed E-state index contributed by atoms with van der Waals surface area (Å²) in [5.41, 5.74) is 3.32. The zero-order valence-corrected chi connectivity index (χ0v) is 13.2. The highest BCUT2D eigenvalue weighted by molar-refractivity contribution is 6.33. The molecule has 0 aliphatic rings. The van der Waals surface area contributed by atoms with E-state index in [9.17, 15) is 4.79 Å². The van der Waals surface area contributed by atoms with Gasteiger partial charge in [-0.25, -0.2) is 0 Å². The Balaban J connectivity index is 1.95. The molecule has 22 heavy (non-hydrogen) atoms. The molecular weight excluding hydrogens is 300 g/mol. The van der Waals surface area contributed by atoms with Crippen molar-refractivity contribution in [2.24, 2.45) is 0 Å². The summed E-state index contributed by atoms with van der Waals surface area (Å²) in [6.07, 6.45) is 0.922. The SMILES string of the molecule is CCc1cccc(NC(=O)CNc2cc(CO)ccc2Cl)c1. The molecule has 0 spiro atoms. The van der Waals surface area contributed by atoms with Gasteiger partial charge in [-0.05, 0) is 41.8 Å². The molecule has 0 aliphatic carbocycles. The van der Waals surface area contributed by atoms with Crippen molar-refractivity contribution in [3.8, 4) is 0 Å². The summed E-state index contributed by atoms with van der Waals surface area (Å²) >= 11 is 6.06. The highest BCUT2D eigenvalue weighted by Crippen LogP contribution is 2.23. The van der Waals surface area contributed by atoms with Gasteiger partial charge in [0.25, 0.3) is 0 Å². The molecule has 0 unspecified atom stereocenters. The Kier molecular flexibility index (Phi) is 5.81. The molecule has 0 aliphatic heterocycles. The smallest absolute Gasteiger partial charge is 0.243 e. The number of aliphatic hydroxyl groups excluding tert-OH is 1. The topological polar surface area (TPSA) is 61.4 Å². The first-order valence-corrected chi connectivity index (χ1v) is 7.52. The van der Waals surface area contributed by atoms with Gasteiger partial charge in [-0.1, -0.05) is 36.7 Å². The number of anilines is 2. The minimum atomic E-state index is -0.154. The van der Waals surface area contributed by atoms with E-state index in [0.29, 0.717) is 10.7 Å². The Morgan fingerprint density at radius 3 is 2.73 bits per heavy atom. The second-order valence-electron chi connectivity index (χ2n) is 4.93. The predicted molar refractivity (Wildman–Crippen MR) is 90.3 cm³/mol. The molecule has 0 atom stereocenters. The standard InChI is InChI=1S/C17H19ClN2O2/c1-2-12-4-3-5-14(8-12)20-17(22)10-19-16-9-13(11-21)6-7-15(16)18/h3-9,19,21H,2,10-11H2,1H3,(H,20,22). The van der Waals surface area contributed by atoms with Crippen LogP contribution in [0.25, 0.3) is 0 Å². The molecule has 0 aromatic heterocycles. The third-order valence-electron chi connectivity index (χ3n) is 3.27. The monoisotopic (exact) mass is 318 g/mol. The number of amides is 1. The van der Waals surface area contributed by atoms with Crippen molar-refractivity contribution in [3.05, 3.63) is 58.6 Å². The molecule has 2 rings (SSSR count). The highest BCUT2D eigenvalue weighted by atomic mass is 35.5. The molecule has 0 radical (unpaired) electrons. The van der Waals surface area contributed by atoms with Crippen LogP contribution in [-0.4, -0.2) is 17.6 Å². The number of aryl methyl sites for hydroxylation is 1. The summed E-state index contributed by atoms with van der Waals surface area (Å²) in [4.78, 5) is 12.0. The van der Waals surface area contributed by atoms with Gasteiger partial charge in [-0.15, -0.1) is 0 Å². The van der Waals surface area contributed by atoms with Gasteiger partial charge < -0.3 is 15.7 Å². The van der Waals surface area contributed by atoms with Gasteiger partial charge in [0.1, 0.15) is 0 Å². The van der Waals surface area contributed by atoms with E-state index in [1.165, 1.54) is 5.56 Å². The maximum absolute atomic E-state index is 12.0. The second-order valence-corrected chi connectivity index (χ2v) is 5.34. The van der Waals surface area contributed by atoms with Crippen LogP contribution in [0, 0.1) is 0 Å². The number of carbonyl (C=O) groups excluding carboxylic acids is 1. The lowest BCUT2D eigenvalue weighted by Crippen LogP contribution is -2.22. The number of hydrogen-bond acceptors (Lipinski definition) is 3. The third-order valence-corrected chi connectivity index (χ3v) is 3.60. The molecule has 4 nitrogen and oxygen atoms in total. The van der Waals surface area contributed by atoms with Crippen LogP contribution < -0.4 is 10.6 Å². The van der Waals surface area contributed by atoms with E-state index in [1.807, 2.05) is 24.3 Å². The van der Waals surface area contributed by atoms with Gasteiger partial charge in [0.05, 0.1) is 23.9 Å². The van der Waals surface area contributed by atoms with E-state index in [1.54, 1.807) is 18.2 Å². The van der Waals surface area contributed by atoms with Crippen molar-refractivity contribution in [2.45, 2.75) is 20.0 Å². The van der Waals surface area contributed by atoms with Gasteiger partial charge in [-0.3, -0.25) is 4.79 Å². The minimum Gasteiger partial charge on any atom is -0.392 e. The van der Waals surface area contributed by atoms with Gasteiger partial charge in [-0.2, -0.15) is 0 Å². The summed E-state index contributed by atoms with van der Waals surface area (Å²) in [6.45, 7) is 2.10. The molecule has 0 bridgehead atoms. The lowest BCUT2D eigenvalue weighted by Gasteiger charge is -2.11. The minimum absolute atomic E-state index is 0.0676. The largest absolute Gasteiger partial charge is 0.392 e. The third kappa shape index (κ3) is 4.48. The van der Waals surface area contributed by atoms with Crippen LogP contribution in [-0.2, 0) is 17.8 Å². The number of aliphatic hydroxyl groups is 1. The van der Waals surface area contributed by atoms with Crippen LogP contribution in [0.15, 0.2) is 42.5 Å². The quantitative estimate of drug-likeness (QED) is 0.764. The van der Waals surface area contributed by atoms with E-state index in [2.05, 4.69) is 17.6 Å². The Morgan fingerprint density at radius 1 is 1.18 bits per heavy atom. The first kappa shape index (κ1) is 16.3. The van der Waals surface area contributed by atoms with E-state index in [-0.39, 0.29) is 19.1 Å². The highest BCUT2D eigenvalue weighted by Gasteiger charge is 2.06. The lowest BCUT2D eigenvalue weighted by atomic mass is 10.1. The predicted octanol–water partition coefficient (Wildman–Crippen LogP) is 3.45. The van der Waals surface area contributed by atoms with Crippen LogP contribution >= 0.6 is 11.6 Å². The number of nitrogens with one attached hydrogen (secondary N) is 2. The fraction of sp³-hybridized carbons (Fsp3) is 0.235. The first-order valence-electron chi connectivity index (χ1n) is 7.14. The van der Waals surface area contributed by atoms with E-state index in [0.717, 1.165) is 17.7 Å². The van der Waals surface area contributed by atoms with Crippen LogP contribution in [0.3, 0.4) is 0 Å². The number of carbonyl (C=O) groups is 1. The second kappa shape index (κ2) is 7.82. The molecule has 0 saturated carbocycles. The summed E-state index contributed by atoms with van der Waals surface area (Å²) < 4.78 is 0. The lowest BCUT2D eigenvalue weighted by molar-refractivity contribution is -0.114. The summed E-state index contributed by atoms with van der Waals surface area (Å²) in [5, 5.41) is 15.5. The van der Waals surface area contributed by atoms with Crippen LogP contribution in [0.2, 0.25) is 5.02 Å². The fourth-order valence-electron chi connectivity index (χ4n) is 2.06. The Bertz CT molecular complexity index is 659. The van der Waals surface area contributed by atoms with E-state index in [4.69, 9.17) is 16.7 Å². The number of halogens is 1. The molecule has 1 amide bonds. The number of hydrogen-bond donors (Lipinski definition) is 3. The molecular formula is C17H19ClN2O2. The number of benzene rings is 2. The Labute approximate surface area is 135 Å². The maximum atomic E-state index is 12.0. The molecule has 116 valence electrons. The van der Waals surface area contributed by atoms with Crippen molar-refractivity contribution in [1.29, 1.82) is 0 Å². The van der Waals surface area contributed by atoms with Gasteiger partial charge in [0.15, 0.2) is 0 Å². The average molecular weight is 319 g/mol. The molecule has 2 aromatic carbocycles. The molecule has 2 aromatic rings. The van der Waals surface area contributed by atoms with E-state index < -0.39 is 0 Å². The van der Waals surface area contributed by atoms with E-state index >= 15 is 0 Å². The van der Waals surface area contributed by atoms with Crippen molar-refractivity contribution >= 4 is 28.9 Å². The molecule has 0 saturated heterocycles. The first-order chi connectivity index (χ1) is 10.6. The number of rotatable bonds is 6. The molecule has 3 N–H and O–H groups in total. The molecule has 5 heteroatoms. The Hall–Kier alpha value is -2.04. The van der Waals surface area contributed by atoms with Crippen molar-refractivity contribution in [3.63, 3.8) is 0 Å². The maximum Gasteiger partial charge on any atom is 0.243 e. The zero-order chi connectivity index (χ0) is 15.9. The normalized spacial score (nSPS) is 10.3. The van der Waals surface area contributed by atoms with Crippen molar-refractivity contribution < 1.29 is 9.90 Å². The summed E-state index contributed by atoms with van der Waals surface area (Å²) in [7, 11) is 0. The molecule has 0 fully saturated rings. The van der Waals surface area contributed by atoms with Gasteiger partial charge in [0, 0.05) is 5.69 Å². The van der Waals surface area contributed by atoms with Crippen molar-refractivity contribution in [1.82, 2.24) is 0 Å². The van der Waals surface area contributed by atoms with Crippen LogP contribution in [0.1, 0.15) is 18.1 Å². The van der Waals surface area contributed by atoms with Crippen molar-refractivity contribution in [2.75, 3.05) is 17.2 Å². The van der Waals surface area contributed by atoms with Crippen LogP contribution in [0.4, 0.5) is 11.4 Å². The summed E-state index contributed by atoms with van der Waals surface area (Å²) in [5.74, 6) is -0.154. The fourth-order valence-corrected chi connectivity index (χ4v) is 2.24. The van der Waals surface area contributed by atoms with Gasteiger partial charge >= 0.3 is 0 Å². The summed E-state index contributed by atoms with van der Waals surface area (Å²) in [6, 6.07) is 12.9. The zero-order valence-electron chi connectivity index (χ0n) is 12.4. The Morgan fingerprint density at radius 2 is 2.00 bits per heavy atom.